The molecule has 0 fully saturated rings. The van der Waals surface area contributed by atoms with E-state index in [-0.39, 0.29) is 29.5 Å². The van der Waals surface area contributed by atoms with E-state index in [1.165, 1.54) is 0 Å². The maximum atomic E-state index is 12.4. The number of nitrogens with one attached hydrogen (secondary N) is 1. The molecule has 1 aromatic rings. The van der Waals surface area contributed by atoms with Crippen molar-refractivity contribution in [3.63, 3.8) is 0 Å². The van der Waals surface area contributed by atoms with E-state index in [1.54, 1.807) is 22.4 Å². The number of hydrogen-bond donors (Lipinski definition) is 1. The predicted octanol–water partition coefficient (Wildman–Crippen LogP) is 2.33. The standard InChI is InChI=1S/C17H27N3O3S/c1-11(2)14-9-16(22)20-13(10-24-17(20)19-14)8-15(21)18-6-5-7-23-12(3)4/h9,11-13H,5-8,10H2,1-4H3,(H,18,21). The lowest BCUT2D eigenvalue weighted by atomic mass is 10.1. The van der Waals surface area contributed by atoms with Crippen LogP contribution in [0.15, 0.2) is 16.0 Å². The van der Waals surface area contributed by atoms with Crippen LogP contribution in [0.3, 0.4) is 0 Å². The molecule has 24 heavy (non-hydrogen) atoms. The Hall–Kier alpha value is -1.34. The summed E-state index contributed by atoms with van der Waals surface area (Å²) in [5, 5.41) is 3.63. The van der Waals surface area contributed by atoms with Crippen molar-refractivity contribution in [3.05, 3.63) is 22.1 Å². The molecule has 1 aliphatic rings. The van der Waals surface area contributed by atoms with Crippen molar-refractivity contribution in [2.75, 3.05) is 18.9 Å². The van der Waals surface area contributed by atoms with E-state index in [4.69, 9.17) is 4.74 Å². The minimum Gasteiger partial charge on any atom is -0.379 e. The number of hydrogen-bond acceptors (Lipinski definition) is 5. The predicted molar refractivity (Wildman–Crippen MR) is 95.7 cm³/mol. The van der Waals surface area contributed by atoms with E-state index >= 15 is 0 Å². The molecule has 1 N–H and O–H groups in total. The number of aromatic nitrogens is 2. The number of ether oxygens (including phenoxy) is 1. The molecule has 2 heterocycles. The maximum absolute atomic E-state index is 12.4. The van der Waals surface area contributed by atoms with Gasteiger partial charge in [0.1, 0.15) is 0 Å². The van der Waals surface area contributed by atoms with Gasteiger partial charge in [-0.2, -0.15) is 0 Å². The zero-order valence-electron chi connectivity index (χ0n) is 14.9. The van der Waals surface area contributed by atoms with Crippen LogP contribution in [0.5, 0.6) is 0 Å². The Labute approximate surface area is 147 Å². The average molecular weight is 353 g/mol. The third-order valence-corrected chi connectivity index (χ3v) is 4.91. The molecule has 7 heteroatoms. The van der Waals surface area contributed by atoms with Crippen LogP contribution in [0.4, 0.5) is 0 Å². The Kier molecular flexibility index (Phi) is 6.86. The Balaban J connectivity index is 1.88. The topological polar surface area (TPSA) is 73.2 Å². The van der Waals surface area contributed by atoms with Crippen molar-refractivity contribution in [1.82, 2.24) is 14.9 Å². The van der Waals surface area contributed by atoms with Crippen molar-refractivity contribution in [2.45, 2.75) is 63.8 Å². The molecule has 0 saturated heterocycles. The molecule has 1 unspecified atom stereocenters. The van der Waals surface area contributed by atoms with Crippen LogP contribution in [0.2, 0.25) is 0 Å². The highest BCUT2D eigenvalue weighted by atomic mass is 32.2. The molecular weight excluding hydrogens is 326 g/mol. The first kappa shape index (κ1) is 19.0. The van der Waals surface area contributed by atoms with Crippen molar-refractivity contribution >= 4 is 17.7 Å². The highest BCUT2D eigenvalue weighted by molar-refractivity contribution is 7.99. The summed E-state index contributed by atoms with van der Waals surface area (Å²) in [5.41, 5.74) is 0.755. The minimum absolute atomic E-state index is 0.0298. The van der Waals surface area contributed by atoms with Crippen LogP contribution in [0.1, 0.15) is 58.2 Å². The molecule has 0 aromatic carbocycles. The zero-order chi connectivity index (χ0) is 17.7. The van der Waals surface area contributed by atoms with Crippen LogP contribution in [-0.2, 0) is 9.53 Å². The van der Waals surface area contributed by atoms with Crippen molar-refractivity contribution in [1.29, 1.82) is 0 Å². The second kappa shape index (κ2) is 8.67. The van der Waals surface area contributed by atoms with Gasteiger partial charge in [0.2, 0.25) is 5.91 Å². The third kappa shape index (κ3) is 5.08. The highest BCUT2D eigenvalue weighted by Gasteiger charge is 2.27. The average Bonchev–Trinajstić information content (AvgIpc) is 2.90. The summed E-state index contributed by atoms with van der Waals surface area (Å²) in [4.78, 5) is 29.0. The van der Waals surface area contributed by atoms with E-state index in [1.807, 2.05) is 27.7 Å². The molecule has 0 radical (unpaired) electrons. The van der Waals surface area contributed by atoms with Gasteiger partial charge >= 0.3 is 0 Å². The number of carbonyl (C=O) groups is 1. The number of amides is 1. The van der Waals surface area contributed by atoms with Gasteiger partial charge in [-0.25, -0.2) is 4.98 Å². The fraction of sp³-hybridized carbons (Fsp3) is 0.706. The smallest absolute Gasteiger partial charge is 0.254 e. The number of nitrogens with zero attached hydrogens (tertiary/aromatic N) is 2. The molecule has 0 spiro atoms. The molecule has 1 aliphatic heterocycles. The third-order valence-electron chi connectivity index (χ3n) is 3.82. The van der Waals surface area contributed by atoms with E-state index in [0.29, 0.717) is 25.3 Å². The Bertz CT molecular complexity index is 628. The summed E-state index contributed by atoms with van der Waals surface area (Å²) in [5.74, 6) is 0.908. The minimum atomic E-state index is -0.113. The highest BCUT2D eigenvalue weighted by Crippen LogP contribution is 2.32. The Morgan fingerprint density at radius 1 is 1.46 bits per heavy atom. The monoisotopic (exact) mass is 353 g/mol. The van der Waals surface area contributed by atoms with E-state index < -0.39 is 0 Å². The first-order chi connectivity index (χ1) is 11.4. The molecule has 0 saturated carbocycles. The van der Waals surface area contributed by atoms with Gasteiger partial charge in [-0.15, -0.1) is 0 Å². The number of carbonyl (C=O) groups excluding carboxylic acids is 1. The second-order valence-corrected chi connectivity index (χ2v) is 7.61. The first-order valence-electron chi connectivity index (χ1n) is 8.53. The molecule has 1 amide bonds. The van der Waals surface area contributed by atoms with Crippen LogP contribution in [0.25, 0.3) is 0 Å². The lowest BCUT2D eigenvalue weighted by molar-refractivity contribution is -0.121. The fourth-order valence-electron chi connectivity index (χ4n) is 2.52. The molecule has 2 rings (SSSR count). The molecule has 0 aliphatic carbocycles. The molecule has 1 aromatic heterocycles. The van der Waals surface area contributed by atoms with Crippen LogP contribution in [0, 0.1) is 0 Å². The van der Waals surface area contributed by atoms with Gasteiger partial charge in [-0.1, -0.05) is 25.6 Å². The quantitative estimate of drug-likeness (QED) is 0.574. The van der Waals surface area contributed by atoms with E-state index in [2.05, 4.69) is 10.3 Å². The normalized spacial score (nSPS) is 16.7. The van der Waals surface area contributed by atoms with Gasteiger partial charge in [0.15, 0.2) is 5.16 Å². The van der Waals surface area contributed by atoms with Gasteiger partial charge in [0.05, 0.1) is 17.8 Å². The Morgan fingerprint density at radius 3 is 2.88 bits per heavy atom. The Morgan fingerprint density at radius 2 is 2.21 bits per heavy atom. The van der Waals surface area contributed by atoms with E-state index in [0.717, 1.165) is 17.3 Å². The van der Waals surface area contributed by atoms with Gasteiger partial charge < -0.3 is 10.1 Å². The number of fused-ring (bicyclic) bond motifs is 1. The van der Waals surface area contributed by atoms with Gasteiger partial charge in [0, 0.05) is 31.4 Å². The van der Waals surface area contributed by atoms with E-state index in [9.17, 15) is 9.59 Å². The number of thioether (sulfide) groups is 1. The largest absolute Gasteiger partial charge is 0.379 e. The first-order valence-corrected chi connectivity index (χ1v) is 9.51. The molecular formula is C17H27N3O3S. The summed E-state index contributed by atoms with van der Waals surface area (Å²) in [6.45, 7) is 9.26. The van der Waals surface area contributed by atoms with Crippen molar-refractivity contribution in [3.8, 4) is 0 Å². The molecule has 6 nitrogen and oxygen atoms in total. The van der Waals surface area contributed by atoms with Crippen molar-refractivity contribution in [2.24, 2.45) is 0 Å². The lowest BCUT2D eigenvalue weighted by Crippen LogP contribution is -2.31. The van der Waals surface area contributed by atoms with Crippen LogP contribution < -0.4 is 10.9 Å². The summed E-state index contributed by atoms with van der Waals surface area (Å²) in [7, 11) is 0. The summed E-state index contributed by atoms with van der Waals surface area (Å²) < 4.78 is 7.11. The van der Waals surface area contributed by atoms with Crippen LogP contribution in [-0.4, -0.2) is 40.5 Å². The second-order valence-electron chi connectivity index (χ2n) is 6.62. The molecule has 134 valence electrons. The van der Waals surface area contributed by atoms with Crippen LogP contribution >= 0.6 is 11.8 Å². The van der Waals surface area contributed by atoms with Crippen molar-refractivity contribution < 1.29 is 9.53 Å². The fourth-order valence-corrected chi connectivity index (χ4v) is 3.68. The lowest BCUT2D eigenvalue weighted by Gasteiger charge is -2.14. The van der Waals surface area contributed by atoms with Gasteiger partial charge in [-0.05, 0) is 26.2 Å². The molecule has 1 atom stereocenters. The molecule has 0 bridgehead atoms. The summed E-state index contributed by atoms with van der Waals surface area (Å²) in [6.07, 6.45) is 1.31. The summed E-state index contributed by atoms with van der Waals surface area (Å²) in [6, 6.07) is 1.48. The zero-order valence-corrected chi connectivity index (χ0v) is 15.7. The van der Waals surface area contributed by atoms with Gasteiger partial charge in [-0.3, -0.25) is 14.2 Å². The summed E-state index contributed by atoms with van der Waals surface area (Å²) >= 11 is 1.55. The number of rotatable bonds is 8. The SMILES string of the molecule is CC(C)OCCCNC(=O)CC1CSc2nc(C(C)C)cc(=O)n21. The maximum Gasteiger partial charge on any atom is 0.254 e. The van der Waals surface area contributed by atoms with Gasteiger partial charge in [0.25, 0.3) is 5.56 Å².